The van der Waals surface area contributed by atoms with Crippen molar-refractivity contribution in [3.05, 3.63) is 0 Å². The Morgan fingerprint density at radius 2 is 2.10 bits per heavy atom. The normalized spacial score (nSPS) is 36.6. The molecule has 0 radical (unpaired) electrons. The number of esters is 1. The van der Waals surface area contributed by atoms with E-state index in [2.05, 4.69) is 12.2 Å². The van der Waals surface area contributed by atoms with E-state index < -0.39 is 5.60 Å². The van der Waals surface area contributed by atoms with E-state index in [-0.39, 0.29) is 11.9 Å². The summed E-state index contributed by atoms with van der Waals surface area (Å²) in [5, 5.41) is 14.0. The zero-order chi connectivity index (χ0) is 15.3. The van der Waals surface area contributed by atoms with Crippen LogP contribution in [-0.4, -0.2) is 49.1 Å². The van der Waals surface area contributed by atoms with Crippen molar-refractivity contribution in [3.8, 4) is 0 Å². The molecule has 5 heteroatoms. The van der Waals surface area contributed by atoms with Crippen LogP contribution < -0.4 is 5.32 Å². The van der Waals surface area contributed by atoms with Crippen LogP contribution in [0.4, 0.5) is 0 Å². The zero-order valence-electron chi connectivity index (χ0n) is 13.3. The largest absolute Gasteiger partial charge is 0.466 e. The Balaban J connectivity index is 1.68. The van der Waals surface area contributed by atoms with E-state index in [1.54, 1.807) is 0 Å². The summed E-state index contributed by atoms with van der Waals surface area (Å²) >= 11 is 0. The van der Waals surface area contributed by atoms with E-state index in [9.17, 15) is 9.90 Å². The van der Waals surface area contributed by atoms with Crippen molar-refractivity contribution in [2.45, 2.75) is 57.7 Å². The molecule has 122 valence electrons. The predicted octanol–water partition coefficient (Wildman–Crippen LogP) is 1.49. The molecule has 2 rings (SSSR count). The van der Waals surface area contributed by atoms with Crippen molar-refractivity contribution < 1.29 is 19.4 Å². The smallest absolute Gasteiger partial charge is 0.308 e. The summed E-state index contributed by atoms with van der Waals surface area (Å²) in [5.74, 6) is 0.405. The predicted molar refractivity (Wildman–Crippen MR) is 79.9 cm³/mol. The highest BCUT2D eigenvalue weighted by Crippen LogP contribution is 2.32. The van der Waals surface area contributed by atoms with Crippen LogP contribution in [0.15, 0.2) is 0 Å². The summed E-state index contributed by atoms with van der Waals surface area (Å²) in [5.41, 5.74) is -0.675. The molecule has 2 N–H and O–H groups in total. The molecule has 1 aliphatic heterocycles. The summed E-state index contributed by atoms with van der Waals surface area (Å²) in [7, 11) is 0. The lowest BCUT2D eigenvalue weighted by molar-refractivity contribution is -0.151. The topological polar surface area (TPSA) is 67.8 Å². The fourth-order valence-corrected chi connectivity index (χ4v) is 3.36. The number of carbonyl (C=O) groups excluding carboxylic acids is 1. The molecule has 1 heterocycles. The lowest BCUT2D eigenvalue weighted by Gasteiger charge is -2.35. The Hall–Kier alpha value is -0.650. The molecule has 0 bridgehead atoms. The van der Waals surface area contributed by atoms with Gasteiger partial charge in [0.25, 0.3) is 0 Å². The monoisotopic (exact) mass is 299 g/mol. The third-order valence-corrected chi connectivity index (χ3v) is 4.93. The fraction of sp³-hybridized carbons (Fsp3) is 0.938. The number of hydrogen-bond acceptors (Lipinski definition) is 5. The van der Waals surface area contributed by atoms with E-state index >= 15 is 0 Å². The minimum Gasteiger partial charge on any atom is -0.466 e. The maximum Gasteiger partial charge on any atom is 0.308 e. The first-order chi connectivity index (χ1) is 10.0. The van der Waals surface area contributed by atoms with Crippen LogP contribution in [0.25, 0.3) is 0 Å². The summed E-state index contributed by atoms with van der Waals surface area (Å²) in [6, 6.07) is 0. The first-order valence-corrected chi connectivity index (χ1v) is 8.25. The molecule has 2 aliphatic rings. The van der Waals surface area contributed by atoms with Crippen LogP contribution in [0.5, 0.6) is 0 Å². The molecule has 0 spiro atoms. The highest BCUT2D eigenvalue weighted by Gasteiger charge is 2.36. The van der Waals surface area contributed by atoms with Gasteiger partial charge in [0, 0.05) is 19.7 Å². The number of ether oxygens (including phenoxy) is 2. The Labute approximate surface area is 127 Å². The average molecular weight is 299 g/mol. The van der Waals surface area contributed by atoms with Gasteiger partial charge in [-0.05, 0) is 51.9 Å². The minimum atomic E-state index is -0.675. The van der Waals surface area contributed by atoms with Crippen LogP contribution in [0.2, 0.25) is 0 Å². The van der Waals surface area contributed by atoms with Gasteiger partial charge < -0.3 is 19.9 Å². The van der Waals surface area contributed by atoms with Gasteiger partial charge in [-0.1, -0.05) is 0 Å². The second-order valence-electron chi connectivity index (χ2n) is 6.51. The van der Waals surface area contributed by atoms with Gasteiger partial charge >= 0.3 is 5.97 Å². The van der Waals surface area contributed by atoms with E-state index in [0.29, 0.717) is 38.0 Å². The summed E-state index contributed by atoms with van der Waals surface area (Å²) in [6.45, 7) is 6.71. The third kappa shape index (κ3) is 4.66. The van der Waals surface area contributed by atoms with Crippen molar-refractivity contribution in [2.75, 3.05) is 26.3 Å². The van der Waals surface area contributed by atoms with Gasteiger partial charge in [-0.25, -0.2) is 0 Å². The van der Waals surface area contributed by atoms with Crippen molar-refractivity contribution in [1.82, 2.24) is 5.32 Å². The Morgan fingerprint density at radius 3 is 2.67 bits per heavy atom. The molecule has 0 aromatic heterocycles. The maximum absolute atomic E-state index is 11.7. The molecule has 2 fully saturated rings. The van der Waals surface area contributed by atoms with Gasteiger partial charge in [0.2, 0.25) is 0 Å². The number of nitrogens with one attached hydrogen (secondary N) is 1. The molecule has 0 aromatic carbocycles. The number of hydrogen-bond donors (Lipinski definition) is 2. The van der Waals surface area contributed by atoms with Gasteiger partial charge in [-0.15, -0.1) is 0 Å². The Morgan fingerprint density at radius 1 is 1.38 bits per heavy atom. The van der Waals surface area contributed by atoms with Gasteiger partial charge in [0.1, 0.15) is 0 Å². The minimum absolute atomic E-state index is 0.0338. The maximum atomic E-state index is 11.7. The van der Waals surface area contributed by atoms with Crippen LogP contribution >= 0.6 is 0 Å². The van der Waals surface area contributed by atoms with Crippen LogP contribution in [0.1, 0.15) is 46.0 Å². The standard InChI is InChI=1S/C16H29NO4/c1-3-20-15(18)13-4-7-16(19,8-5-13)11-17-10-14-6-9-21-12(14)2/h12-14,17,19H,3-11H2,1-2H3. The molecule has 2 unspecified atom stereocenters. The lowest BCUT2D eigenvalue weighted by atomic mass is 9.78. The Bertz CT molecular complexity index is 339. The van der Waals surface area contributed by atoms with E-state index in [0.717, 1.165) is 32.4 Å². The highest BCUT2D eigenvalue weighted by atomic mass is 16.5. The van der Waals surface area contributed by atoms with E-state index in [4.69, 9.17) is 9.47 Å². The molecule has 5 nitrogen and oxygen atoms in total. The van der Waals surface area contributed by atoms with E-state index in [1.165, 1.54) is 0 Å². The molecule has 0 amide bonds. The first kappa shape index (κ1) is 16.7. The van der Waals surface area contributed by atoms with Gasteiger partial charge in [0.05, 0.1) is 24.2 Å². The zero-order valence-corrected chi connectivity index (χ0v) is 13.3. The second-order valence-corrected chi connectivity index (χ2v) is 6.51. The van der Waals surface area contributed by atoms with Crippen molar-refractivity contribution in [2.24, 2.45) is 11.8 Å². The van der Waals surface area contributed by atoms with Crippen molar-refractivity contribution >= 4 is 5.97 Å². The van der Waals surface area contributed by atoms with Crippen molar-refractivity contribution in [3.63, 3.8) is 0 Å². The average Bonchev–Trinajstić information content (AvgIpc) is 2.85. The van der Waals surface area contributed by atoms with Crippen LogP contribution in [0, 0.1) is 11.8 Å². The third-order valence-electron chi connectivity index (χ3n) is 4.93. The quantitative estimate of drug-likeness (QED) is 0.727. The number of carbonyl (C=O) groups is 1. The lowest BCUT2D eigenvalue weighted by Crippen LogP contribution is -2.46. The molecule has 1 saturated heterocycles. The number of rotatable bonds is 6. The van der Waals surface area contributed by atoms with E-state index in [1.807, 2.05) is 6.92 Å². The second kappa shape index (κ2) is 7.56. The highest BCUT2D eigenvalue weighted by molar-refractivity contribution is 5.72. The molecule has 1 aliphatic carbocycles. The van der Waals surface area contributed by atoms with Gasteiger partial charge in [-0.2, -0.15) is 0 Å². The van der Waals surface area contributed by atoms with Crippen LogP contribution in [-0.2, 0) is 14.3 Å². The fourth-order valence-electron chi connectivity index (χ4n) is 3.36. The van der Waals surface area contributed by atoms with Gasteiger partial charge in [0.15, 0.2) is 0 Å². The van der Waals surface area contributed by atoms with Crippen molar-refractivity contribution in [1.29, 1.82) is 0 Å². The van der Waals surface area contributed by atoms with Crippen LogP contribution in [0.3, 0.4) is 0 Å². The van der Waals surface area contributed by atoms with Gasteiger partial charge in [-0.3, -0.25) is 4.79 Å². The summed E-state index contributed by atoms with van der Waals surface area (Å²) < 4.78 is 10.6. The summed E-state index contributed by atoms with van der Waals surface area (Å²) in [6.07, 6.45) is 4.18. The molecule has 0 aromatic rings. The SMILES string of the molecule is CCOC(=O)C1CCC(O)(CNCC2CCOC2C)CC1. The summed E-state index contributed by atoms with van der Waals surface area (Å²) in [4.78, 5) is 11.7. The molecular weight excluding hydrogens is 270 g/mol. The molecule has 21 heavy (non-hydrogen) atoms. The molecule has 1 saturated carbocycles. The molecular formula is C16H29NO4. The molecule has 2 atom stereocenters. The number of aliphatic hydroxyl groups is 1. The Kier molecular flexibility index (Phi) is 6.02. The first-order valence-electron chi connectivity index (χ1n) is 8.25.